The van der Waals surface area contributed by atoms with Crippen LogP contribution in [0.15, 0.2) is 64.2 Å². The van der Waals surface area contributed by atoms with E-state index in [2.05, 4.69) is 27.1 Å². The van der Waals surface area contributed by atoms with Gasteiger partial charge in [0.05, 0.1) is 17.7 Å². The summed E-state index contributed by atoms with van der Waals surface area (Å²) in [7, 11) is 0. The van der Waals surface area contributed by atoms with Crippen molar-refractivity contribution in [1.29, 1.82) is 0 Å². The third-order valence-electron chi connectivity index (χ3n) is 4.07. The molecular formula is C20H15F2N5O2S2. The summed E-state index contributed by atoms with van der Waals surface area (Å²) in [5.74, 6) is -0.979. The number of halogens is 2. The van der Waals surface area contributed by atoms with E-state index in [0.717, 1.165) is 12.1 Å². The first-order valence-electron chi connectivity index (χ1n) is 8.96. The topological polar surface area (TPSA) is 85.8 Å². The fraction of sp³-hybridized carbons (Fsp3) is 0.100. The molecule has 11 heteroatoms. The molecule has 0 bridgehead atoms. The zero-order valence-electron chi connectivity index (χ0n) is 15.9. The largest absolute Gasteiger partial charge is 0.461 e. The number of carbonyl (C=O) groups is 1. The molecule has 0 aliphatic rings. The summed E-state index contributed by atoms with van der Waals surface area (Å²) in [5.41, 5.74) is 0.869. The number of amides is 1. The van der Waals surface area contributed by atoms with Crippen LogP contribution in [0.25, 0.3) is 22.8 Å². The van der Waals surface area contributed by atoms with Gasteiger partial charge in [-0.15, -0.1) is 28.1 Å². The molecule has 31 heavy (non-hydrogen) atoms. The number of hydrogen-bond acceptors (Lipinski definition) is 7. The van der Waals surface area contributed by atoms with Crippen LogP contribution in [0.1, 0.15) is 0 Å². The second kappa shape index (κ2) is 9.23. The Hall–Kier alpha value is -3.31. The van der Waals surface area contributed by atoms with Crippen LogP contribution in [0.2, 0.25) is 0 Å². The number of thioether (sulfide) groups is 1. The van der Waals surface area contributed by atoms with Crippen molar-refractivity contribution in [3.8, 4) is 22.8 Å². The van der Waals surface area contributed by atoms with Crippen molar-refractivity contribution in [2.75, 3.05) is 11.1 Å². The summed E-state index contributed by atoms with van der Waals surface area (Å²) in [6, 6.07) is 7.06. The van der Waals surface area contributed by atoms with Gasteiger partial charge in [-0.2, -0.15) is 0 Å². The monoisotopic (exact) mass is 459 g/mol. The van der Waals surface area contributed by atoms with Crippen molar-refractivity contribution in [3.63, 3.8) is 0 Å². The van der Waals surface area contributed by atoms with Crippen molar-refractivity contribution in [2.45, 2.75) is 11.7 Å². The van der Waals surface area contributed by atoms with E-state index in [9.17, 15) is 13.6 Å². The number of nitrogens with one attached hydrogen (secondary N) is 1. The number of benzene rings is 1. The van der Waals surface area contributed by atoms with E-state index in [1.165, 1.54) is 29.2 Å². The second-order valence-corrected chi connectivity index (χ2v) is 7.99. The number of aromatic nitrogens is 4. The van der Waals surface area contributed by atoms with Crippen molar-refractivity contribution in [3.05, 3.63) is 66.3 Å². The maximum absolute atomic E-state index is 13.4. The second-order valence-electron chi connectivity index (χ2n) is 6.19. The van der Waals surface area contributed by atoms with Crippen molar-refractivity contribution in [2.24, 2.45) is 0 Å². The van der Waals surface area contributed by atoms with Gasteiger partial charge in [-0.1, -0.05) is 17.8 Å². The van der Waals surface area contributed by atoms with E-state index >= 15 is 0 Å². The van der Waals surface area contributed by atoms with Gasteiger partial charge < -0.3 is 9.73 Å². The molecule has 0 spiro atoms. The smallest absolute Gasteiger partial charge is 0.236 e. The summed E-state index contributed by atoms with van der Waals surface area (Å²) in [5, 5.41) is 13.5. The van der Waals surface area contributed by atoms with Crippen molar-refractivity contribution < 1.29 is 18.0 Å². The Balaban J connectivity index is 1.40. The van der Waals surface area contributed by atoms with E-state index in [-0.39, 0.29) is 11.7 Å². The molecular weight excluding hydrogens is 444 g/mol. The van der Waals surface area contributed by atoms with Crippen LogP contribution in [0.4, 0.5) is 13.9 Å². The molecule has 7 nitrogen and oxygen atoms in total. The Bertz CT molecular complexity index is 1220. The summed E-state index contributed by atoms with van der Waals surface area (Å²) < 4.78 is 33.7. The molecule has 1 aromatic carbocycles. The highest BCUT2D eigenvalue weighted by atomic mass is 32.2. The average Bonchev–Trinajstić information content (AvgIpc) is 3.50. The van der Waals surface area contributed by atoms with Gasteiger partial charge in [0.25, 0.3) is 0 Å². The fourth-order valence-corrected chi connectivity index (χ4v) is 4.17. The number of rotatable bonds is 8. The molecule has 0 aliphatic heterocycles. The van der Waals surface area contributed by atoms with Crippen LogP contribution in [0, 0.1) is 11.6 Å². The Morgan fingerprint density at radius 3 is 2.90 bits per heavy atom. The molecule has 4 rings (SSSR count). The zero-order valence-corrected chi connectivity index (χ0v) is 17.6. The molecule has 0 atom stereocenters. The number of anilines is 1. The number of nitrogens with zero attached hydrogens (tertiary/aromatic N) is 4. The first-order chi connectivity index (χ1) is 15.0. The van der Waals surface area contributed by atoms with E-state index in [4.69, 9.17) is 4.42 Å². The number of furan rings is 1. The lowest BCUT2D eigenvalue weighted by molar-refractivity contribution is -0.113. The predicted molar refractivity (Wildman–Crippen MR) is 115 cm³/mol. The average molecular weight is 460 g/mol. The lowest BCUT2D eigenvalue weighted by Gasteiger charge is -2.06. The molecule has 0 unspecified atom stereocenters. The molecule has 0 saturated heterocycles. The SMILES string of the molecule is C=CCn1c(SCC(=O)Nc2nc(-c3ccc(F)c(F)c3)cs2)nnc1-c1ccco1. The van der Waals surface area contributed by atoms with E-state index in [1.54, 1.807) is 34.4 Å². The van der Waals surface area contributed by atoms with Crippen LogP contribution in [0.3, 0.4) is 0 Å². The van der Waals surface area contributed by atoms with Crippen LogP contribution in [0.5, 0.6) is 0 Å². The lowest BCUT2D eigenvalue weighted by Crippen LogP contribution is -2.14. The summed E-state index contributed by atoms with van der Waals surface area (Å²) in [6.45, 7) is 4.20. The quantitative estimate of drug-likeness (QED) is 0.299. The number of carbonyl (C=O) groups excluding carboxylic acids is 1. The van der Waals surface area contributed by atoms with Gasteiger partial charge in [-0.3, -0.25) is 9.36 Å². The maximum atomic E-state index is 13.4. The lowest BCUT2D eigenvalue weighted by atomic mass is 10.2. The van der Waals surface area contributed by atoms with Gasteiger partial charge in [0, 0.05) is 17.5 Å². The molecule has 0 saturated carbocycles. The van der Waals surface area contributed by atoms with Gasteiger partial charge >= 0.3 is 0 Å². The van der Waals surface area contributed by atoms with Gasteiger partial charge in [0.15, 0.2) is 27.7 Å². The Kier molecular flexibility index (Phi) is 6.23. The van der Waals surface area contributed by atoms with Crippen LogP contribution in [-0.2, 0) is 11.3 Å². The van der Waals surface area contributed by atoms with Crippen LogP contribution in [-0.4, -0.2) is 31.4 Å². The van der Waals surface area contributed by atoms with Crippen molar-refractivity contribution >= 4 is 34.1 Å². The summed E-state index contributed by atoms with van der Waals surface area (Å²) in [6.07, 6.45) is 3.25. The molecule has 1 amide bonds. The Labute approximate surface area is 183 Å². The molecule has 0 aliphatic carbocycles. The molecule has 158 valence electrons. The van der Waals surface area contributed by atoms with Gasteiger partial charge in [-0.25, -0.2) is 13.8 Å². The van der Waals surface area contributed by atoms with Crippen LogP contribution >= 0.6 is 23.1 Å². The summed E-state index contributed by atoms with van der Waals surface area (Å²) >= 11 is 2.40. The van der Waals surface area contributed by atoms with Crippen LogP contribution < -0.4 is 5.32 Å². The Morgan fingerprint density at radius 1 is 1.29 bits per heavy atom. The minimum atomic E-state index is -0.954. The van der Waals surface area contributed by atoms with Gasteiger partial charge in [0.1, 0.15) is 0 Å². The van der Waals surface area contributed by atoms with E-state index in [0.29, 0.717) is 39.7 Å². The molecule has 4 aromatic rings. The molecule has 3 aromatic heterocycles. The highest BCUT2D eigenvalue weighted by molar-refractivity contribution is 7.99. The maximum Gasteiger partial charge on any atom is 0.236 e. The first kappa shape index (κ1) is 20.9. The minimum Gasteiger partial charge on any atom is -0.461 e. The highest BCUT2D eigenvalue weighted by Gasteiger charge is 2.17. The normalized spacial score (nSPS) is 10.9. The molecule has 3 heterocycles. The molecule has 0 radical (unpaired) electrons. The van der Waals surface area contributed by atoms with Gasteiger partial charge in [-0.05, 0) is 30.3 Å². The number of hydrogen-bond donors (Lipinski definition) is 1. The fourth-order valence-electron chi connectivity index (χ4n) is 2.68. The standard InChI is InChI=1S/C20H15F2N5O2S2/c1-2-7-27-18(16-4-3-8-29-16)25-26-20(27)31-11-17(28)24-19-23-15(10-30-19)12-5-6-13(21)14(22)9-12/h2-6,8-10H,1,7,11H2,(H,23,24,28). The summed E-state index contributed by atoms with van der Waals surface area (Å²) in [4.78, 5) is 16.6. The minimum absolute atomic E-state index is 0.0769. The highest BCUT2D eigenvalue weighted by Crippen LogP contribution is 2.27. The third kappa shape index (κ3) is 4.72. The number of allylic oxidation sites excluding steroid dienone is 1. The number of thiazole rings is 1. The first-order valence-corrected chi connectivity index (χ1v) is 10.8. The van der Waals surface area contributed by atoms with E-state index in [1.807, 2.05) is 0 Å². The predicted octanol–water partition coefficient (Wildman–Crippen LogP) is 4.86. The Morgan fingerprint density at radius 2 is 2.16 bits per heavy atom. The third-order valence-corrected chi connectivity index (χ3v) is 5.79. The molecule has 1 N–H and O–H groups in total. The van der Waals surface area contributed by atoms with E-state index < -0.39 is 11.6 Å². The zero-order chi connectivity index (χ0) is 21.8. The van der Waals surface area contributed by atoms with Crippen molar-refractivity contribution in [1.82, 2.24) is 19.7 Å². The van der Waals surface area contributed by atoms with Gasteiger partial charge in [0.2, 0.25) is 11.7 Å². The molecule has 0 fully saturated rings.